The van der Waals surface area contributed by atoms with Crippen LogP contribution in [0.2, 0.25) is 0 Å². The number of benzene rings is 2. The molecule has 30 heavy (non-hydrogen) atoms. The molecule has 5 nitrogen and oxygen atoms in total. The van der Waals surface area contributed by atoms with E-state index in [9.17, 15) is 9.90 Å². The number of nitrogens with one attached hydrogen (secondary N) is 1. The number of hydrogen-bond donors (Lipinski definition) is 2. The average molecular weight is 399 g/mol. The highest BCUT2D eigenvalue weighted by molar-refractivity contribution is 6.09. The fraction of sp³-hybridized carbons (Fsp3) is 0.280. The van der Waals surface area contributed by atoms with Crippen molar-refractivity contribution in [3.05, 3.63) is 77.0 Å². The van der Waals surface area contributed by atoms with Crippen LogP contribution >= 0.6 is 0 Å². The SMILES string of the molecule is Cc1nn(-c2ccccc2)c2c1C1=C(C(=O)CC(C)(C)C1)[C@H](c1ccc(O)cc1)N2. The van der Waals surface area contributed by atoms with Gasteiger partial charge in [0, 0.05) is 17.6 Å². The summed E-state index contributed by atoms with van der Waals surface area (Å²) in [7, 11) is 0. The standard InChI is InChI=1S/C25H25N3O2/c1-15-21-19-13-25(2,3)14-20(30)22(19)23(16-9-11-18(29)12-10-16)26-24(21)28(27-15)17-7-5-4-6-8-17/h4-12,23,26,29H,13-14H2,1-3H3/t23-/m0/s1. The minimum atomic E-state index is -0.268. The van der Waals surface area contributed by atoms with Crippen LogP contribution in [-0.4, -0.2) is 20.7 Å². The summed E-state index contributed by atoms with van der Waals surface area (Å²) in [5.74, 6) is 1.32. The average Bonchev–Trinajstić information content (AvgIpc) is 3.04. The largest absolute Gasteiger partial charge is 0.508 e. The Morgan fingerprint density at radius 2 is 1.77 bits per heavy atom. The lowest BCUT2D eigenvalue weighted by Gasteiger charge is -2.39. The van der Waals surface area contributed by atoms with E-state index >= 15 is 0 Å². The normalized spacial score (nSPS) is 19.8. The molecule has 2 N–H and O–H groups in total. The Labute approximate surface area is 176 Å². The van der Waals surface area contributed by atoms with Crippen LogP contribution in [0.4, 0.5) is 5.82 Å². The van der Waals surface area contributed by atoms with Crippen LogP contribution in [0.15, 0.2) is 60.2 Å². The minimum absolute atomic E-state index is 0.0919. The van der Waals surface area contributed by atoms with Crippen molar-refractivity contribution in [2.45, 2.75) is 39.7 Å². The highest BCUT2D eigenvalue weighted by atomic mass is 16.3. The van der Waals surface area contributed by atoms with Crippen LogP contribution in [0.1, 0.15) is 49.6 Å². The van der Waals surface area contributed by atoms with E-state index < -0.39 is 0 Å². The molecule has 0 amide bonds. The number of phenolic OH excluding ortho intramolecular Hbond substituents is 1. The van der Waals surface area contributed by atoms with Gasteiger partial charge < -0.3 is 10.4 Å². The van der Waals surface area contributed by atoms with Gasteiger partial charge in [-0.05, 0) is 54.2 Å². The van der Waals surface area contributed by atoms with Crippen molar-refractivity contribution in [1.82, 2.24) is 9.78 Å². The maximum atomic E-state index is 13.3. The van der Waals surface area contributed by atoms with Crippen LogP contribution in [0.3, 0.4) is 0 Å². The number of nitrogens with zero attached hydrogens (tertiary/aromatic N) is 2. The Balaban J connectivity index is 1.75. The lowest BCUT2D eigenvalue weighted by Crippen LogP contribution is -2.33. The van der Waals surface area contributed by atoms with Gasteiger partial charge in [0.15, 0.2) is 5.78 Å². The number of rotatable bonds is 2. The molecular formula is C25H25N3O2. The number of carbonyl (C=O) groups is 1. The van der Waals surface area contributed by atoms with E-state index in [4.69, 9.17) is 5.10 Å². The monoisotopic (exact) mass is 399 g/mol. The zero-order valence-electron chi connectivity index (χ0n) is 17.4. The summed E-state index contributed by atoms with van der Waals surface area (Å²) in [6.45, 7) is 6.32. The second-order valence-electron chi connectivity index (χ2n) is 9.06. The van der Waals surface area contributed by atoms with Gasteiger partial charge in [0.05, 0.1) is 17.4 Å². The van der Waals surface area contributed by atoms with E-state index in [2.05, 4.69) is 19.2 Å². The summed E-state index contributed by atoms with van der Waals surface area (Å²) in [6.07, 6.45) is 1.36. The molecule has 5 heteroatoms. The van der Waals surface area contributed by atoms with Crippen LogP contribution in [0.5, 0.6) is 5.75 Å². The Morgan fingerprint density at radius 3 is 2.47 bits per heavy atom. The van der Waals surface area contributed by atoms with Crippen molar-refractivity contribution < 1.29 is 9.90 Å². The number of allylic oxidation sites excluding steroid dienone is 1. The molecule has 0 saturated heterocycles. The number of phenols is 1. The van der Waals surface area contributed by atoms with Crippen molar-refractivity contribution in [2.24, 2.45) is 5.41 Å². The number of hydrogen-bond acceptors (Lipinski definition) is 4. The summed E-state index contributed by atoms with van der Waals surface area (Å²) in [4.78, 5) is 13.3. The van der Waals surface area contributed by atoms with Gasteiger partial charge in [-0.25, -0.2) is 4.68 Å². The van der Waals surface area contributed by atoms with Gasteiger partial charge in [-0.15, -0.1) is 0 Å². The predicted molar refractivity (Wildman–Crippen MR) is 118 cm³/mol. The van der Waals surface area contributed by atoms with Crippen LogP contribution in [0, 0.1) is 12.3 Å². The summed E-state index contributed by atoms with van der Waals surface area (Å²) < 4.78 is 1.94. The number of aromatic hydroxyl groups is 1. The first-order valence-corrected chi connectivity index (χ1v) is 10.3. The number of carbonyl (C=O) groups excluding carboxylic acids is 1. The lowest BCUT2D eigenvalue weighted by molar-refractivity contribution is -0.118. The van der Waals surface area contributed by atoms with Crippen LogP contribution in [0.25, 0.3) is 11.3 Å². The third-order valence-corrected chi connectivity index (χ3v) is 6.08. The molecule has 0 radical (unpaired) electrons. The van der Waals surface area contributed by atoms with Gasteiger partial charge in [-0.3, -0.25) is 4.79 Å². The quantitative estimate of drug-likeness (QED) is 0.622. The van der Waals surface area contributed by atoms with Gasteiger partial charge >= 0.3 is 0 Å². The maximum Gasteiger partial charge on any atom is 0.162 e. The zero-order chi connectivity index (χ0) is 21.0. The summed E-state index contributed by atoms with van der Waals surface area (Å²) in [6, 6.07) is 16.9. The molecule has 152 valence electrons. The molecule has 1 atom stereocenters. The molecule has 0 bridgehead atoms. The van der Waals surface area contributed by atoms with E-state index in [-0.39, 0.29) is 23.0 Å². The van der Waals surface area contributed by atoms with Crippen molar-refractivity contribution in [3.63, 3.8) is 0 Å². The fourth-order valence-electron chi connectivity index (χ4n) is 4.80. The second-order valence-corrected chi connectivity index (χ2v) is 9.06. The first kappa shape index (κ1) is 18.7. The molecule has 1 aromatic heterocycles. The second kappa shape index (κ2) is 6.59. The van der Waals surface area contributed by atoms with Crippen LogP contribution < -0.4 is 5.32 Å². The zero-order valence-corrected chi connectivity index (χ0v) is 17.4. The van der Waals surface area contributed by atoms with E-state index in [0.717, 1.165) is 45.9 Å². The van der Waals surface area contributed by atoms with Crippen molar-refractivity contribution in [1.29, 1.82) is 0 Å². The van der Waals surface area contributed by atoms with Gasteiger partial charge in [-0.1, -0.05) is 44.2 Å². The molecule has 0 fully saturated rings. The molecule has 1 aliphatic heterocycles. The van der Waals surface area contributed by atoms with Crippen molar-refractivity contribution in [3.8, 4) is 11.4 Å². The first-order chi connectivity index (χ1) is 14.3. The highest BCUT2D eigenvalue weighted by Crippen LogP contribution is 2.51. The minimum Gasteiger partial charge on any atom is -0.508 e. The smallest absolute Gasteiger partial charge is 0.162 e. The number of anilines is 1. The van der Waals surface area contributed by atoms with E-state index in [1.807, 2.05) is 54.1 Å². The molecule has 0 unspecified atom stereocenters. The highest BCUT2D eigenvalue weighted by Gasteiger charge is 2.42. The molecule has 0 spiro atoms. The van der Waals surface area contributed by atoms with Gasteiger partial charge in [0.1, 0.15) is 11.6 Å². The topological polar surface area (TPSA) is 67.2 Å². The van der Waals surface area contributed by atoms with Crippen molar-refractivity contribution >= 4 is 17.2 Å². The first-order valence-electron chi connectivity index (χ1n) is 10.3. The van der Waals surface area contributed by atoms with Gasteiger partial charge in [0.2, 0.25) is 0 Å². The van der Waals surface area contributed by atoms with E-state index in [1.54, 1.807) is 12.1 Å². The fourth-order valence-corrected chi connectivity index (χ4v) is 4.80. The molecule has 2 aromatic carbocycles. The van der Waals surface area contributed by atoms with Gasteiger partial charge in [-0.2, -0.15) is 5.10 Å². The maximum absolute atomic E-state index is 13.3. The summed E-state index contributed by atoms with van der Waals surface area (Å²) >= 11 is 0. The number of aromatic nitrogens is 2. The third kappa shape index (κ3) is 2.93. The Bertz CT molecular complexity index is 1170. The number of aryl methyl sites for hydroxylation is 1. The molecule has 3 aromatic rings. The predicted octanol–water partition coefficient (Wildman–Crippen LogP) is 5.20. The van der Waals surface area contributed by atoms with Crippen molar-refractivity contribution in [2.75, 3.05) is 5.32 Å². The Kier molecular flexibility index (Phi) is 4.10. The third-order valence-electron chi connectivity index (χ3n) is 6.08. The Hall–Kier alpha value is -3.34. The lowest BCUT2D eigenvalue weighted by atomic mass is 9.68. The summed E-state index contributed by atoms with van der Waals surface area (Å²) in [5.41, 5.74) is 5.74. The van der Waals surface area contributed by atoms with Crippen LogP contribution in [-0.2, 0) is 4.79 Å². The van der Waals surface area contributed by atoms with E-state index in [1.165, 1.54) is 0 Å². The molecule has 2 heterocycles. The Morgan fingerprint density at radius 1 is 1.07 bits per heavy atom. The van der Waals surface area contributed by atoms with E-state index in [0.29, 0.717) is 6.42 Å². The number of para-hydroxylation sites is 1. The molecule has 1 aliphatic carbocycles. The molecular weight excluding hydrogens is 374 g/mol. The molecule has 0 saturated carbocycles. The molecule has 2 aliphatic rings. The number of Topliss-reactive ketones (excluding diaryl/α,β-unsaturated/α-hetero) is 1. The summed E-state index contributed by atoms with van der Waals surface area (Å²) in [5, 5.41) is 18.2. The van der Waals surface area contributed by atoms with Gasteiger partial charge in [0.25, 0.3) is 0 Å². The molecule has 5 rings (SSSR count). The number of fused-ring (bicyclic) bond motifs is 2. The number of ketones is 1.